The van der Waals surface area contributed by atoms with E-state index in [1.165, 1.54) is 90.4 Å². The molecule has 0 aromatic heterocycles. The monoisotopic (exact) mass is 619 g/mol. The number of fused-ring (bicyclic) bond motifs is 2. The molecule has 3 rings (SSSR count). The van der Waals surface area contributed by atoms with Crippen LogP contribution < -0.4 is 16.0 Å². The van der Waals surface area contributed by atoms with Crippen LogP contribution in [0, 0.1) is 0 Å². The molecule has 248 valence electrons. The Kier molecular flexibility index (Phi) is 16.7. The largest absolute Gasteiger partial charge is 0.383 e. The van der Waals surface area contributed by atoms with Crippen LogP contribution in [-0.4, -0.2) is 49.8 Å². The van der Waals surface area contributed by atoms with Gasteiger partial charge in [0.15, 0.2) is 11.6 Å². The maximum Gasteiger partial charge on any atom is 0.216 e. The maximum atomic E-state index is 13.7. The molecule has 0 saturated heterocycles. The molecule has 45 heavy (non-hydrogen) atoms. The summed E-state index contributed by atoms with van der Waals surface area (Å²) in [6.07, 6.45) is 19.6. The van der Waals surface area contributed by atoms with Crippen molar-refractivity contribution in [1.82, 2.24) is 5.32 Å². The van der Waals surface area contributed by atoms with Crippen LogP contribution in [0.5, 0.6) is 0 Å². The second kappa shape index (κ2) is 20.8. The van der Waals surface area contributed by atoms with Crippen molar-refractivity contribution in [3.05, 3.63) is 58.7 Å². The van der Waals surface area contributed by atoms with Crippen LogP contribution in [0.25, 0.3) is 0 Å². The Morgan fingerprint density at radius 1 is 0.689 bits per heavy atom. The predicted molar refractivity (Wildman–Crippen MR) is 186 cm³/mol. The summed E-state index contributed by atoms with van der Waals surface area (Å²) >= 11 is 0. The number of rotatable bonds is 24. The van der Waals surface area contributed by atoms with Gasteiger partial charge in [-0.15, -0.1) is 0 Å². The zero-order valence-electron chi connectivity index (χ0n) is 28.1. The van der Waals surface area contributed by atoms with Crippen molar-refractivity contribution >= 4 is 28.8 Å². The van der Waals surface area contributed by atoms with Gasteiger partial charge in [0.2, 0.25) is 5.91 Å². The number of nitrogens with one attached hydrogen (secondary N) is 3. The molecule has 2 aromatic rings. The van der Waals surface area contributed by atoms with Gasteiger partial charge in [0.1, 0.15) is 0 Å². The molecule has 7 nitrogen and oxygen atoms in total. The minimum atomic E-state index is -0.173. The smallest absolute Gasteiger partial charge is 0.216 e. The molecule has 7 heteroatoms. The Morgan fingerprint density at radius 3 is 1.73 bits per heavy atom. The van der Waals surface area contributed by atoms with E-state index >= 15 is 0 Å². The van der Waals surface area contributed by atoms with Crippen molar-refractivity contribution in [2.45, 2.75) is 123 Å². The normalized spacial score (nSPS) is 12.9. The fourth-order valence-electron chi connectivity index (χ4n) is 6.05. The van der Waals surface area contributed by atoms with Crippen LogP contribution in [0.4, 0.5) is 11.4 Å². The molecule has 0 aliphatic heterocycles. The fourth-order valence-corrected chi connectivity index (χ4v) is 6.05. The first-order valence-corrected chi connectivity index (χ1v) is 17.7. The van der Waals surface area contributed by atoms with E-state index in [1.807, 2.05) is 12.1 Å². The van der Waals surface area contributed by atoms with Crippen molar-refractivity contribution in [3.8, 4) is 0 Å². The molecule has 0 fully saturated rings. The predicted octanol–water partition coefficient (Wildman–Crippen LogP) is 8.70. The molecule has 2 aromatic carbocycles. The van der Waals surface area contributed by atoms with Crippen molar-refractivity contribution in [2.75, 3.05) is 36.9 Å². The average Bonchev–Trinajstić information content (AvgIpc) is 3.04. The van der Waals surface area contributed by atoms with E-state index in [0.717, 1.165) is 19.4 Å². The number of amides is 1. The number of carbonyl (C=O) groups is 3. The van der Waals surface area contributed by atoms with Crippen molar-refractivity contribution in [3.63, 3.8) is 0 Å². The SMILES string of the molecule is CCCCCCCCCCCCCCCCOCC(CC)Nc1cccc2c1C(=O)c1cccc(NCCNC(C)=O)c1C2=O. The highest BCUT2D eigenvalue weighted by Crippen LogP contribution is 2.35. The molecule has 0 heterocycles. The third kappa shape index (κ3) is 11.9. The number of ether oxygens (including phenoxy) is 1. The van der Waals surface area contributed by atoms with Gasteiger partial charge in [0.25, 0.3) is 0 Å². The Labute approximate surface area is 271 Å². The number of anilines is 2. The lowest BCUT2D eigenvalue weighted by Gasteiger charge is -2.25. The summed E-state index contributed by atoms with van der Waals surface area (Å²) in [6, 6.07) is 10.8. The lowest BCUT2D eigenvalue weighted by molar-refractivity contribution is -0.118. The highest BCUT2D eigenvalue weighted by Gasteiger charge is 2.33. The summed E-state index contributed by atoms with van der Waals surface area (Å²) in [7, 11) is 0. The first-order chi connectivity index (χ1) is 22.0. The number of hydrogen-bond acceptors (Lipinski definition) is 6. The van der Waals surface area contributed by atoms with E-state index in [1.54, 1.807) is 24.3 Å². The van der Waals surface area contributed by atoms with Gasteiger partial charge < -0.3 is 20.7 Å². The van der Waals surface area contributed by atoms with Crippen LogP contribution >= 0.6 is 0 Å². The number of ketones is 2. The van der Waals surface area contributed by atoms with E-state index in [-0.39, 0.29) is 23.5 Å². The topological polar surface area (TPSA) is 96.5 Å². The molecule has 1 aliphatic rings. The zero-order valence-corrected chi connectivity index (χ0v) is 28.1. The summed E-state index contributed by atoms with van der Waals surface area (Å²) in [4.78, 5) is 38.6. The summed E-state index contributed by atoms with van der Waals surface area (Å²) < 4.78 is 6.04. The standard InChI is InChI=1S/C38H57N3O4/c1-4-6-7-8-9-10-11-12-13-14-15-16-17-18-27-45-28-30(5-2)41-34-24-20-22-32-36(34)38(44)31-21-19-23-33(35(31)37(32)43)40-26-25-39-29(3)42/h19-24,30,40-41H,4-18,25-28H2,1-3H3,(H,39,42). The molecule has 1 unspecified atom stereocenters. The van der Waals surface area contributed by atoms with Gasteiger partial charge in [-0.25, -0.2) is 0 Å². The molecular weight excluding hydrogens is 562 g/mol. The highest BCUT2D eigenvalue weighted by molar-refractivity contribution is 6.31. The lowest BCUT2D eigenvalue weighted by atomic mass is 9.82. The Bertz CT molecular complexity index is 1210. The molecular formula is C38H57N3O4. The highest BCUT2D eigenvalue weighted by atomic mass is 16.5. The van der Waals surface area contributed by atoms with Gasteiger partial charge in [-0.2, -0.15) is 0 Å². The van der Waals surface area contributed by atoms with Gasteiger partial charge in [-0.05, 0) is 25.0 Å². The average molecular weight is 620 g/mol. The zero-order chi connectivity index (χ0) is 32.3. The van der Waals surface area contributed by atoms with Crippen LogP contribution in [0.2, 0.25) is 0 Å². The van der Waals surface area contributed by atoms with Gasteiger partial charge >= 0.3 is 0 Å². The number of hydrogen-bond donors (Lipinski definition) is 3. The maximum absolute atomic E-state index is 13.7. The second-order valence-electron chi connectivity index (χ2n) is 12.4. The third-order valence-electron chi connectivity index (χ3n) is 8.70. The molecule has 1 amide bonds. The Hall–Kier alpha value is -3.19. The van der Waals surface area contributed by atoms with E-state index in [0.29, 0.717) is 53.3 Å². The number of unbranched alkanes of at least 4 members (excludes halogenated alkanes) is 13. The third-order valence-corrected chi connectivity index (χ3v) is 8.70. The minimum absolute atomic E-state index is 0.0363. The molecule has 0 radical (unpaired) electrons. The molecule has 3 N–H and O–H groups in total. The van der Waals surface area contributed by atoms with Gasteiger partial charge in [0, 0.05) is 55.2 Å². The van der Waals surface area contributed by atoms with Gasteiger partial charge in [-0.1, -0.05) is 122 Å². The number of carbonyl (C=O) groups excluding carboxylic acids is 3. The van der Waals surface area contributed by atoms with Crippen LogP contribution in [0.1, 0.15) is 149 Å². The van der Waals surface area contributed by atoms with E-state index in [2.05, 4.69) is 29.8 Å². The molecule has 0 saturated carbocycles. The van der Waals surface area contributed by atoms with E-state index in [4.69, 9.17) is 4.74 Å². The van der Waals surface area contributed by atoms with Crippen LogP contribution in [0.3, 0.4) is 0 Å². The molecule has 0 bridgehead atoms. The van der Waals surface area contributed by atoms with E-state index < -0.39 is 0 Å². The number of benzene rings is 2. The van der Waals surface area contributed by atoms with Crippen LogP contribution in [0.15, 0.2) is 36.4 Å². The second-order valence-corrected chi connectivity index (χ2v) is 12.4. The van der Waals surface area contributed by atoms with Crippen molar-refractivity contribution < 1.29 is 19.1 Å². The molecule has 1 aliphatic carbocycles. The fraction of sp³-hybridized carbons (Fsp3) is 0.605. The Morgan fingerprint density at radius 2 is 1.20 bits per heavy atom. The summed E-state index contributed by atoms with van der Waals surface area (Å²) in [6.45, 7) is 8.01. The quantitative estimate of drug-likeness (QED) is 0.0868. The van der Waals surface area contributed by atoms with E-state index in [9.17, 15) is 14.4 Å². The Balaban J connectivity index is 1.40. The summed E-state index contributed by atoms with van der Waals surface area (Å²) in [5, 5.41) is 9.45. The van der Waals surface area contributed by atoms with Gasteiger partial charge in [-0.3, -0.25) is 14.4 Å². The minimum Gasteiger partial charge on any atom is -0.383 e. The first kappa shape index (κ1) is 36.3. The summed E-state index contributed by atoms with van der Waals surface area (Å²) in [5.74, 6) is -0.447. The lowest BCUT2D eigenvalue weighted by Crippen LogP contribution is -2.29. The van der Waals surface area contributed by atoms with Crippen LogP contribution in [-0.2, 0) is 9.53 Å². The van der Waals surface area contributed by atoms with Gasteiger partial charge in [0.05, 0.1) is 17.7 Å². The van der Waals surface area contributed by atoms with Crippen molar-refractivity contribution in [2.24, 2.45) is 0 Å². The first-order valence-electron chi connectivity index (χ1n) is 17.7. The molecule has 1 atom stereocenters. The summed E-state index contributed by atoms with van der Waals surface area (Å²) in [5.41, 5.74) is 2.89. The van der Waals surface area contributed by atoms with Crippen molar-refractivity contribution in [1.29, 1.82) is 0 Å². The molecule has 0 spiro atoms.